The number of halogens is 2. The van der Waals surface area contributed by atoms with Crippen molar-refractivity contribution in [1.82, 2.24) is 0 Å². The highest BCUT2D eigenvalue weighted by molar-refractivity contribution is 5.87. The number of hydrogen-bond acceptors (Lipinski definition) is 3. The molecule has 3 rings (SSSR count). The van der Waals surface area contributed by atoms with Crippen LogP contribution in [0.4, 0.5) is 8.78 Å². The molecule has 0 heterocycles. The van der Waals surface area contributed by atoms with Crippen molar-refractivity contribution in [2.24, 2.45) is 0 Å². The quantitative estimate of drug-likeness (QED) is 0.353. The van der Waals surface area contributed by atoms with Gasteiger partial charge in [-0.3, -0.25) is 4.79 Å². The number of Topliss-reactive ketones (excluding diaryl/α,β-unsaturated/α-hetero) is 1. The monoisotopic (exact) mass is 424 g/mol. The van der Waals surface area contributed by atoms with Crippen molar-refractivity contribution in [1.29, 1.82) is 0 Å². The maximum absolute atomic E-state index is 12.5. The molecule has 0 aromatic heterocycles. The molecular formula is C26H26F2O3. The van der Waals surface area contributed by atoms with Crippen molar-refractivity contribution in [2.45, 2.75) is 45.1 Å². The molecule has 0 aliphatic rings. The van der Waals surface area contributed by atoms with E-state index in [9.17, 15) is 13.6 Å². The third kappa shape index (κ3) is 6.14. The Morgan fingerprint density at radius 1 is 0.903 bits per heavy atom. The van der Waals surface area contributed by atoms with E-state index in [1.54, 1.807) is 19.1 Å². The summed E-state index contributed by atoms with van der Waals surface area (Å²) < 4.78 is 35.1. The summed E-state index contributed by atoms with van der Waals surface area (Å²) in [5.41, 5.74) is 1.23. The molecule has 3 aromatic carbocycles. The molecule has 0 saturated carbocycles. The zero-order valence-electron chi connectivity index (χ0n) is 17.7. The second-order valence-corrected chi connectivity index (χ2v) is 7.71. The van der Waals surface area contributed by atoms with E-state index in [4.69, 9.17) is 4.74 Å². The molecule has 31 heavy (non-hydrogen) atoms. The third-order valence-electron chi connectivity index (χ3n) is 5.51. The third-order valence-corrected chi connectivity index (χ3v) is 5.51. The zero-order chi connectivity index (χ0) is 22.3. The number of benzene rings is 3. The summed E-state index contributed by atoms with van der Waals surface area (Å²) in [6.45, 7) is 0.595. The Labute approximate surface area is 181 Å². The summed E-state index contributed by atoms with van der Waals surface area (Å²) in [7, 11) is 0. The molecule has 1 unspecified atom stereocenters. The maximum atomic E-state index is 12.5. The summed E-state index contributed by atoms with van der Waals surface area (Å²) in [5, 5.41) is 0. The summed E-state index contributed by atoms with van der Waals surface area (Å²) in [4.78, 5) is 12.5. The van der Waals surface area contributed by atoms with Crippen LogP contribution < -0.4 is 9.47 Å². The van der Waals surface area contributed by atoms with Gasteiger partial charge >= 0.3 is 6.61 Å². The molecule has 5 heteroatoms. The van der Waals surface area contributed by atoms with E-state index in [2.05, 4.69) is 4.74 Å². The van der Waals surface area contributed by atoms with Crippen LogP contribution in [0.15, 0.2) is 78.9 Å². The SMILES string of the molecule is CC(=O)C(C)(CCCc1cccc(Oc2ccccc2)c1)c1ccc(OC(F)F)cc1. The Balaban J connectivity index is 1.64. The van der Waals surface area contributed by atoms with Gasteiger partial charge in [-0.2, -0.15) is 8.78 Å². The van der Waals surface area contributed by atoms with Crippen LogP contribution in [0.1, 0.15) is 37.8 Å². The smallest absolute Gasteiger partial charge is 0.387 e. The molecule has 0 bridgehead atoms. The lowest BCUT2D eigenvalue weighted by Gasteiger charge is -2.27. The van der Waals surface area contributed by atoms with E-state index >= 15 is 0 Å². The van der Waals surface area contributed by atoms with Gasteiger partial charge in [0.05, 0.1) is 5.41 Å². The number of ketones is 1. The number of para-hydroxylation sites is 1. The molecule has 1 atom stereocenters. The van der Waals surface area contributed by atoms with Crippen LogP contribution in [0.25, 0.3) is 0 Å². The molecule has 0 spiro atoms. The summed E-state index contributed by atoms with van der Waals surface area (Å²) in [6.07, 6.45) is 2.22. The normalized spacial score (nSPS) is 12.9. The summed E-state index contributed by atoms with van der Waals surface area (Å²) >= 11 is 0. The average Bonchev–Trinajstić information content (AvgIpc) is 2.74. The summed E-state index contributed by atoms with van der Waals surface area (Å²) in [6, 6.07) is 23.9. The van der Waals surface area contributed by atoms with E-state index in [-0.39, 0.29) is 11.5 Å². The zero-order valence-corrected chi connectivity index (χ0v) is 17.7. The van der Waals surface area contributed by atoms with Crippen molar-refractivity contribution in [3.63, 3.8) is 0 Å². The van der Waals surface area contributed by atoms with Gasteiger partial charge in [-0.25, -0.2) is 0 Å². The predicted octanol–water partition coefficient (Wildman–Crippen LogP) is 6.95. The minimum absolute atomic E-state index is 0.0381. The maximum Gasteiger partial charge on any atom is 0.387 e. The Kier molecular flexibility index (Phi) is 7.40. The molecule has 0 aliphatic heterocycles. The van der Waals surface area contributed by atoms with Gasteiger partial charge in [-0.15, -0.1) is 0 Å². The highest BCUT2D eigenvalue weighted by Gasteiger charge is 2.31. The van der Waals surface area contributed by atoms with Crippen LogP contribution >= 0.6 is 0 Å². The largest absolute Gasteiger partial charge is 0.457 e. The molecule has 3 nitrogen and oxygen atoms in total. The van der Waals surface area contributed by atoms with Crippen LogP contribution in [0.5, 0.6) is 17.2 Å². The van der Waals surface area contributed by atoms with Gasteiger partial charge in [-0.1, -0.05) is 42.5 Å². The van der Waals surface area contributed by atoms with Crippen LogP contribution in [-0.4, -0.2) is 12.4 Å². The molecule has 3 aromatic rings. The van der Waals surface area contributed by atoms with Crippen molar-refractivity contribution >= 4 is 5.78 Å². The highest BCUT2D eigenvalue weighted by atomic mass is 19.3. The van der Waals surface area contributed by atoms with E-state index < -0.39 is 12.0 Å². The predicted molar refractivity (Wildman–Crippen MR) is 117 cm³/mol. The van der Waals surface area contributed by atoms with E-state index in [0.29, 0.717) is 6.42 Å². The molecule has 0 radical (unpaired) electrons. The van der Waals surface area contributed by atoms with Gasteiger partial charge in [0, 0.05) is 0 Å². The molecule has 0 amide bonds. The first-order valence-corrected chi connectivity index (χ1v) is 10.2. The van der Waals surface area contributed by atoms with Crippen molar-refractivity contribution < 1.29 is 23.0 Å². The first-order valence-electron chi connectivity index (χ1n) is 10.2. The first-order chi connectivity index (χ1) is 14.9. The molecule has 0 aliphatic carbocycles. The van der Waals surface area contributed by atoms with Crippen molar-refractivity contribution in [3.05, 3.63) is 90.0 Å². The van der Waals surface area contributed by atoms with Gasteiger partial charge < -0.3 is 9.47 Å². The number of ether oxygens (including phenoxy) is 2. The minimum atomic E-state index is -2.87. The number of rotatable bonds is 10. The highest BCUT2D eigenvalue weighted by Crippen LogP contribution is 2.32. The van der Waals surface area contributed by atoms with E-state index in [0.717, 1.165) is 35.5 Å². The van der Waals surface area contributed by atoms with Gasteiger partial charge in [0.25, 0.3) is 0 Å². The Hall–Kier alpha value is -3.21. The molecule has 0 N–H and O–H groups in total. The fourth-order valence-electron chi connectivity index (χ4n) is 3.56. The van der Waals surface area contributed by atoms with Crippen LogP contribution in [0, 0.1) is 0 Å². The lowest BCUT2D eigenvalue weighted by atomic mass is 9.75. The average molecular weight is 424 g/mol. The van der Waals surface area contributed by atoms with Crippen LogP contribution in [-0.2, 0) is 16.6 Å². The van der Waals surface area contributed by atoms with Gasteiger partial charge in [0.1, 0.15) is 23.0 Å². The lowest BCUT2D eigenvalue weighted by Crippen LogP contribution is -2.30. The Bertz CT molecular complexity index is 987. The fourth-order valence-corrected chi connectivity index (χ4v) is 3.56. The van der Waals surface area contributed by atoms with Crippen molar-refractivity contribution in [2.75, 3.05) is 0 Å². The van der Waals surface area contributed by atoms with Crippen LogP contribution in [0.3, 0.4) is 0 Å². The van der Waals surface area contributed by atoms with Gasteiger partial charge in [0.15, 0.2) is 0 Å². The number of aryl methyl sites for hydroxylation is 1. The number of carbonyl (C=O) groups excluding carboxylic acids is 1. The molecule has 162 valence electrons. The standard InChI is InChI=1S/C26H26F2O3/c1-19(29)26(2,21-13-15-23(16-14-21)31-25(27)28)17-7-9-20-8-6-12-24(18-20)30-22-10-4-3-5-11-22/h3-6,8,10-16,18,25H,7,9,17H2,1-2H3. The van der Waals surface area contributed by atoms with Crippen LogP contribution in [0.2, 0.25) is 0 Å². The van der Waals surface area contributed by atoms with Crippen molar-refractivity contribution in [3.8, 4) is 17.2 Å². The number of hydrogen-bond donors (Lipinski definition) is 0. The van der Waals surface area contributed by atoms with E-state index in [1.165, 1.54) is 12.1 Å². The Morgan fingerprint density at radius 2 is 1.58 bits per heavy atom. The summed E-state index contributed by atoms with van der Waals surface area (Å²) in [5.74, 6) is 1.67. The minimum Gasteiger partial charge on any atom is -0.457 e. The lowest BCUT2D eigenvalue weighted by molar-refractivity contribution is -0.122. The number of alkyl halides is 2. The van der Waals surface area contributed by atoms with E-state index in [1.807, 2.05) is 61.5 Å². The first kappa shape index (κ1) is 22.5. The molecule has 0 fully saturated rings. The molecule has 0 saturated heterocycles. The second kappa shape index (κ2) is 10.2. The number of carbonyl (C=O) groups is 1. The second-order valence-electron chi connectivity index (χ2n) is 7.71. The fraction of sp³-hybridized carbons (Fsp3) is 0.269. The van der Waals surface area contributed by atoms with Gasteiger partial charge in [0.2, 0.25) is 0 Å². The van der Waals surface area contributed by atoms with Gasteiger partial charge in [-0.05, 0) is 80.6 Å². The molecular weight excluding hydrogens is 398 g/mol. The topological polar surface area (TPSA) is 35.5 Å². The Morgan fingerprint density at radius 3 is 2.23 bits per heavy atom.